The van der Waals surface area contributed by atoms with Gasteiger partial charge in [-0.2, -0.15) is 0 Å². The van der Waals surface area contributed by atoms with Crippen LogP contribution in [-0.2, 0) is 11.3 Å². The molecule has 1 aliphatic heterocycles. The van der Waals surface area contributed by atoms with Crippen LogP contribution in [0.15, 0.2) is 17.1 Å². The molecule has 0 atom stereocenters. The van der Waals surface area contributed by atoms with E-state index >= 15 is 0 Å². The fourth-order valence-corrected chi connectivity index (χ4v) is 1.10. The van der Waals surface area contributed by atoms with Crippen molar-refractivity contribution in [1.82, 2.24) is 9.88 Å². The molecule has 2 rings (SSSR count). The van der Waals surface area contributed by atoms with Gasteiger partial charge in [-0.25, -0.2) is 9.78 Å². The Morgan fingerprint density at radius 2 is 2.18 bits per heavy atom. The fourth-order valence-electron chi connectivity index (χ4n) is 1.10. The third-order valence-electron chi connectivity index (χ3n) is 1.92. The van der Waals surface area contributed by atoms with Gasteiger partial charge in [0, 0.05) is 25.9 Å². The van der Waals surface area contributed by atoms with Crippen molar-refractivity contribution < 1.29 is 16.1 Å². The van der Waals surface area contributed by atoms with E-state index in [2.05, 4.69) is 9.98 Å². The second-order valence-corrected chi connectivity index (χ2v) is 3.58. The molecule has 1 amide bonds. The molecule has 0 aliphatic carbocycles. The molecule has 0 saturated heterocycles. The molecule has 1 N–H and O–H groups in total. The largest absolute Gasteiger partial charge is 1.00 e. The second kappa shape index (κ2) is 5.74. The van der Waals surface area contributed by atoms with E-state index in [9.17, 15) is 9.59 Å². The molecule has 0 bridgehead atoms. The predicted molar refractivity (Wildman–Crippen MR) is 63.4 cm³/mol. The van der Waals surface area contributed by atoms with Gasteiger partial charge in [0.25, 0.3) is 0 Å². The van der Waals surface area contributed by atoms with Crippen LogP contribution in [0.25, 0.3) is 0 Å². The van der Waals surface area contributed by atoms with E-state index in [0.717, 1.165) is 12.0 Å². The third-order valence-corrected chi connectivity index (χ3v) is 1.92. The number of carboxylic acid groups (broad SMARTS) is 1. The quantitative estimate of drug-likeness (QED) is 0.759. The van der Waals surface area contributed by atoms with Gasteiger partial charge in [0.05, 0.1) is 12.2 Å². The summed E-state index contributed by atoms with van der Waals surface area (Å²) in [6.45, 7) is 0.613. The van der Waals surface area contributed by atoms with Gasteiger partial charge in [-0.1, -0.05) is 6.07 Å². The summed E-state index contributed by atoms with van der Waals surface area (Å²) in [5.41, 5.74) is 1.73. The van der Waals surface area contributed by atoms with Crippen LogP contribution in [0.2, 0.25) is 0 Å². The Morgan fingerprint density at radius 1 is 1.53 bits per heavy atom. The highest BCUT2D eigenvalue weighted by Gasteiger charge is 2.11. The minimum Gasteiger partial charge on any atom is -0.477 e. The highest BCUT2D eigenvalue weighted by atomic mass is 16.4. The van der Waals surface area contributed by atoms with E-state index in [1.54, 1.807) is 26.4 Å². The molecular formula is C11H14N3O3+. The van der Waals surface area contributed by atoms with E-state index in [0.29, 0.717) is 12.2 Å². The summed E-state index contributed by atoms with van der Waals surface area (Å²) in [6.07, 6.45) is 2.35. The number of hydrogen-bond acceptors (Lipinski definition) is 4. The smallest absolute Gasteiger partial charge is 0.477 e. The zero-order chi connectivity index (χ0) is 12.8. The average molecular weight is 236 g/mol. The SMILES string of the molecule is CN(C)C=O.O=C(O)c1ccc2c(n1)C=NC2.[H+]. The number of rotatable bonds is 2. The number of aliphatic imine (C=N–C) groups is 1. The van der Waals surface area contributed by atoms with Crippen LogP contribution < -0.4 is 0 Å². The molecule has 1 aromatic heterocycles. The zero-order valence-electron chi connectivity index (χ0n) is 10.6. The molecule has 17 heavy (non-hydrogen) atoms. The van der Waals surface area contributed by atoms with Crippen LogP contribution in [0.5, 0.6) is 0 Å². The van der Waals surface area contributed by atoms with Crippen LogP contribution in [-0.4, -0.2) is 47.7 Å². The Kier molecular flexibility index (Phi) is 4.33. The Labute approximate surface area is 100 Å². The van der Waals surface area contributed by atoms with Crippen molar-refractivity contribution in [3.63, 3.8) is 0 Å². The predicted octanol–water partition coefficient (Wildman–Crippen LogP) is 0.529. The third kappa shape index (κ3) is 3.67. The maximum atomic E-state index is 10.5. The molecule has 90 valence electrons. The topological polar surface area (TPSA) is 82.9 Å². The van der Waals surface area contributed by atoms with Gasteiger partial charge in [0.2, 0.25) is 6.41 Å². The molecule has 0 unspecified atom stereocenters. The number of aromatic nitrogens is 1. The van der Waals surface area contributed by atoms with Gasteiger partial charge in [-0.05, 0) is 6.07 Å². The van der Waals surface area contributed by atoms with Gasteiger partial charge in [-0.15, -0.1) is 0 Å². The van der Waals surface area contributed by atoms with Gasteiger partial charge < -0.3 is 10.0 Å². The molecule has 0 radical (unpaired) electrons. The first-order valence-corrected chi connectivity index (χ1v) is 4.89. The van der Waals surface area contributed by atoms with Crippen LogP contribution in [0.3, 0.4) is 0 Å². The van der Waals surface area contributed by atoms with Crippen LogP contribution >= 0.6 is 0 Å². The van der Waals surface area contributed by atoms with Gasteiger partial charge in [0.15, 0.2) is 0 Å². The monoisotopic (exact) mass is 236 g/mol. The van der Waals surface area contributed by atoms with Crippen molar-refractivity contribution in [2.45, 2.75) is 6.54 Å². The summed E-state index contributed by atoms with van der Waals surface area (Å²) in [5.74, 6) is -1.00. The lowest BCUT2D eigenvalue weighted by Crippen LogP contribution is -2.06. The van der Waals surface area contributed by atoms with Crippen molar-refractivity contribution in [1.29, 1.82) is 0 Å². The van der Waals surface area contributed by atoms with Gasteiger partial charge >= 0.3 is 7.40 Å². The van der Waals surface area contributed by atoms with E-state index in [1.807, 2.05) is 0 Å². The summed E-state index contributed by atoms with van der Waals surface area (Å²) < 4.78 is 0. The van der Waals surface area contributed by atoms with Crippen molar-refractivity contribution in [3.05, 3.63) is 29.1 Å². The number of hydrogen-bond donors (Lipinski definition) is 1. The molecule has 0 saturated carbocycles. The molecule has 0 spiro atoms. The second-order valence-electron chi connectivity index (χ2n) is 3.58. The van der Waals surface area contributed by atoms with E-state index in [4.69, 9.17) is 5.11 Å². The van der Waals surface area contributed by atoms with Gasteiger partial charge in [-0.3, -0.25) is 9.79 Å². The molecule has 0 aromatic carbocycles. The minimum atomic E-state index is -1.00. The number of fused-ring (bicyclic) bond motifs is 1. The minimum absolute atomic E-state index is 0. The molecule has 6 nitrogen and oxygen atoms in total. The Hall–Kier alpha value is -2.24. The zero-order valence-corrected chi connectivity index (χ0v) is 9.62. The number of amides is 1. The average Bonchev–Trinajstić information content (AvgIpc) is 2.76. The van der Waals surface area contributed by atoms with E-state index in [1.165, 1.54) is 11.0 Å². The highest BCUT2D eigenvalue weighted by Crippen LogP contribution is 2.12. The number of carbonyl (C=O) groups is 2. The van der Waals surface area contributed by atoms with Gasteiger partial charge in [0.1, 0.15) is 5.69 Å². The van der Waals surface area contributed by atoms with Crippen molar-refractivity contribution in [2.24, 2.45) is 4.99 Å². The lowest BCUT2D eigenvalue weighted by Gasteiger charge is -1.96. The molecule has 1 aromatic rings. The summed E-state index contributed by atoms with van der Waals surface area (Å²) in [5, 5.41) is 8.61. The molecule has 6 heteroatoms. The first kappa shape index (κ1) is 12.8. The lowest BCUT2D eigenvalue weighted by molar-refractivity contribution is -0.115. The number of carboxylic acids is 1. The lowest BCUT2D eigenvalue weighted by atomic mass is 10.2. The standard InChI is InChI=1S/C8H6N2O2.C3H7NO/c11-8(12)6-2-1-5-3-9-4-7(5)10-6;1-4(2)3-5/h1-2,4H,3H2,(H,11,12);3H,1-2H3/p+1. The van der Waals surface area contributed by atoms with Crippen LogP contribution in [0.1, 0.15) is 23.2 Å². The Bertz CT molecular complexity index is 461. The Balaban J connectivity index is 0.000000421. The normalized spacial score (nSPS) is 11.2. The van der Waals surface area contributed by atoms with E-state index < -0.39 is 5.97 Å². The molecule has 0 fully saturated rings. The first-order valence-electron chi connectivity index (χ1n) is 4.89. The van der Waals surface area contributed by atoms with Crippen LogP contribution in [0.4, 0.5) is 0 Å². The highest BCUT2D eigenvalue weighted by molar-refractivity contribution is 5.88. The summed E-state index contributed by atoms with van der Waals surface area (Å²) in [7, 11) is 3.38. The number of nitrogens with zero attached hydrogens (tertiary/aromatic N) is 3. The molecule has 2 heterocycles. The van der Waals surface area contributed by atoms with Crippen LogP contribution in [0, 0.1) is 0 Å². The maximum Gasteiger partial charge on any atom is 1.00 e. The fraction of sp³-hybridized carbons (Fsp3) is 0.273. The summed E-state index contributed by atoms with van der Waals surface area (Å²) >= 11 is 0. The first-order chi connectivity index (χ1) is 8.04. The summed E-state index contributed by atoms with van der Waals surface area (Å²) in [6, 6.07) is 3.24. The molecule has 1 aliphatic rings. The van der Waals surface area contributed by atoms with Crippen molar-refractivity contribution in [2.75, 3.05) is 14.1 Å². The van der Waals surface area contributed by atoms with E-state index in [-0.39, 0.29) is 7.12 Å². The van der Waals surface area contributed by atoms with Crippen molar-refractivity contribution in [3.8, 4) is 0 Å². The molecular weight excluding hydrogens is 222 g/mol. The van der Waals surface area contributed by atoms with Crippen molar-refractivity contribution >= 4 is 18.6 Å². The number of carbonyl (C=O) groups excluding carboxylic acids is 1. The summed E-state index contributed by atoms with van der Waals surface area (Å²) in [4.78, 5) is 29.2. The number of pyridine rings is 1. The number of aromatic carboxylic acids is 1. The Morgan fingerprint density at radius 3 is 2.71 bits per heavy atom. The maximum absolute atomic E-state index is 10.5.